The first kappa shape index (κ1) is 16.0. The van der Waals surface area contributed by atoms with Crippen molar-refractivity contribution in [2.45, 2.75) is 27.7 Å². The maximum atomic E-state index is 12.5. The predicted molar refractivity (Wildman–Crippen MR) is 94.1 cm³/mol. The fourth-order valence-electron chi connectivity index (χ4n) is 2.85. The summed E-state index contributed by atoms with van der Waals surface area (Å²) in [4.78, 5) is 12.5. The molecule has 0 spiro atoms. The zero-order chi connectivity index (χ0) is 17.4. The fourth-order valence-corrected chi connectivity index (χ4v) is 2.85. The molecule has 0 unspecified atom stereocenters. The van der Waals surface area contributed by atoms with Crippen LogP contribution < -0.4 is 5.32 Å². The van der Waals surface area contributed by atoms with Gasteiger partial charge in [-0.3, -0.25) is 14.6 Å². The van der Waals surface area contributed by atoms with E-state index in [1.165, 1.54) is 0 Å². The molecule has 1 amide bonds. The minimum atomic E-state index is -0.208. The van der Waals surface area contributed by atoms with E-state index in [0.717, 1.165) is 39.5 Å². The molecule has 0 radical (unpaired) electrons. The second kappa shape index (κ2) is 5.96. The number of nitrogens with one attached hydrogen (secondary N) is 2. The number of H-pyrrole nitrogens is 1. The van der Waals surface area contributed by atoms with Crippen LogP contribution in [0.4, 0.5) is 5.69 Å². The second-order valence-electron chi connectivity index (χ2n) is 6.11. The van der Waals surface area contributed by atoms with E-state index in [1.807, 2.05) is 57.6 Å². The Labute approximate surface area is 140 Å². The van der Waals surface area contributed by atoms with Crippen molar-refractivity contribution in [3.05, 3.63) is 52.5 Å². The van der Waals surface area contributed by atoms with Crippen molar-refractivity contribution < 1.29 is 4.79 Å². The second-order valence-corrected chi connectivity index (χ2v) is 6.11. The summed E-state index contributed by atoms with van der Waals surface area (Å²) in [6.07, 6.45) is 0. The van der Waals surface area contributed by atoms with E-state index in [2.05, 4.69) is 20.6 Å². The number of amides is 1. The molecule has 0 saturated carbocycles. The Morgan fingerprint density at radius 1 is 1.17 bits per heavy atom. The molecule has 0 fully saturated rings. The van der Waals surface area contributed by atoms with Crippen LogP contribution in [0.1, 0.15) is 33.0 Å². The molecule has 2 N–H and O–H groups in total. The zero-order valence-corrected chi connectivity index (χ0v) is 14.6. The van der Waals surface area contributed by atoms with Crippen LogP contribution >= 0.6 is 0 Å². The van der Waals surface area contributed by atoms with Gasteiger partial charge in [-0.25, -0.2) is 0 Å². The number of rotatable bonds is 3. The van der Waals surface area contributed by atoms with Gasteiger partial charge in [-0.1, -0.05) is 17.7 Å². The van der Waals surface area contributed by atoms with Gasteiger partial charge in [0.2, 0.25) is 0 Å². The fraction of sp³-hybridized carbons (Fsp3) is 0.278. The number of nitrogens with zero attached hydrogens (tertiary/aromatic N) is 3. The van der Waals surface area contributed by atoms with Crippen molar-refractivity contribution in [3.8, 4) is 11.3 Å². The smallest absolute Gasteiger partial charge is 0.273 e. The van der Waals surface area contributed by atoms with Crippen molar-refractivity contribution in [1.82, 2.24) is 20.0 Å². The number of anilines is 1. The van der Waals surface area contributed by atoms with Crippen molar-refractivity contribution in [3.63, 3.8) is 0 Å². The Kier molecular flexibility index (Phi) is 3.97. The van der Waals surface area contributed by atoms with Crippen LogP contribution in [0.5, 0.6) is 0 Å². The lowest BCUT2D eigenvalue weighted by Gasteiger charge is -2.07. The SMILES string of the molecule is Cc1ccc(NC(=O)c2cc(-c3c(C)nn(C)c3C)n[nH]2)c(C)c1. The molecule has 0 aliphatic rings. The van der Waals surface area contributed by atoms with Crippen LogP contribution in [0.3, 0.4) is 0 Å². The molecule has 6 heteroatoms. The number of aromatic amines is 1. The Bertz CT molecular complexity index is 920. The number of carbonyl (C=O) groups excluding carboxylic acids is 1. The molecular weight excluding hydrogens is 302 g/mol. The molecule has 2 aromatic heterocycles. The summed E-state index contributed by atoms with van der Waals surface area (Å²) in [5, 5.41) is 14.4. The molecule has 0 aliphatic carbocycles. The third-order valence-electron chi connectivity index (χ3n) is 4.22. The lowest BCUT2D eigenvalue weighted by Crippen LogP contribution is -2.13. The average molecular weight is 323 g/mol. The molecule has 0 bridgehead atoms. The highest BCUT2D eigenvalue weighted by Crippen LogP contribution is 2.25. The topological polar surface area (TPSA) is 75.6 Å². The minimum absolute atomic E-state index is 0.208. The minimum Gasteiger partial charge on any atom is -0.320 e. The molecule has 2 heterocycles. The van der Waals surface area contributed by atoms with E-state index >= 15 is 0 Å². The molecule has 0 aliphatic heterocycles. The van der Waals surface area contributed by atoms with Gasteiger partial charge in [0.05, 0.1) is 11.4 Å². The number of aromatic nitrogens is 4. The quantitative estimate of drug-likeness (QED) is 0.776. The first-order valence-corrected chi connectivity index (χ1v) is 7.81. The van der Waals surface area contributed by atoms with Crippen LogP contribution in [-0.2, 0) is 7.05 Å². The Morgan fingerprint density at radius 3 is 2.54 bits per heavy atom. The number of carbonyl (C=O) groups is 1. The molecule has 6 nitrogen and oxygen atoms in total. The molecule has 124 valence electrons. The van der Waals surface area contributed by atoms with Crippen LogP contribution in [0.25, 0.3) is 11.3 Å². The van der Waals surface area contributed by atoms with Gasteiger partial charge >= 0.3 is 0 Å². The molecule has 0 atom stereocenters. The van der Waals surface area contributed by atoms with Crippen molar-refractivity contribution in [1.29, 1.82) is 0 Å². The Hall–Kier alpha value is -2.89. The van der Waals surface area contributed by atoms with Gasteiger partial charge in [0.1, 0.15) is 5.69 Å². The first-order chi connectivity index (χ1) is 11.4. The van der Waals surface area contributed by atoms with Gasteiger partial charge in [0.25, 0.3) is 5.91 Å². The van der Waals surface area contributed by atoms with Gasteiger partial charge < -0.3 is 5.32 Å². The average Bonchev–Trinajstić information content (AvgIpc) is 3.08. The van der Waals surface area contributed by atoms with Gasteiger partial charge in [-0.05, 0) is 45.4 Å². The van der Waals surface area contributed by atoms with Crippen LogP contribution in [0.2, 0.25) is 0 Å². The molecular formula is C18H21N5O. The lowest BCUT2D eigenvalue weighted by atomic mass is 10.1. The molecule has 3 rings (SSSR count). The molecule has 3 aromatic rings. The third-order valence-corrected chi connectivity index (χ3v) is 4.22. The number of aryl methyl sites for hydroxylation is 4. The summed E-state index contributed by atoms with van der Waals surface area (Å²) >= 11 is 0. The highest BCUT2D eigenvalue weighted by Gasteiger charge is 2.17. The van der Waals surface area contributed by atoms with Gasteiger partial charge in [-0.15, -0.1) is 0 Å². The Balaban J connectivity index is 1.86. The standard InChI is InChI=1S/C18H21N5O/c1-10-6-7-14(11(2)8-10)19-18(24)16-9-15(20-21-16)17-12(3)22-23(5)13(17)4/h6-9H,1-5H3,(H,19,24)(H,20,21). The number of hydrogen-bond acceptors (Lipinski definition) is 3. The summed E-state index contributed by atoms with van der Waals surface area (Å²) in [7, 11) is 1.90. The summed E-state index contributed by atoms with van der Waals surface area (Å²) in [5.41, 5.74) is 7.01. The van der Waals surface area contributed by atoms with Crippen molar-refractivity contribution >= 4 is 11.6 Å². The number of hydrogen-bond donors (Lipinski definition) is 2. The van der Waals surface area contributed by atoms with E-state index in [4.69, 9.17) is 0 Å². The molecule has 0 saturated heterocycles. The third kappa shape index (κ3) is 2.82. The largest absolute Gasteiger partial charge is 0.320 e. The van der Waals surface area contributed by atoms with Gasteiger partial charge in [0.15, 0.2) is 0 Å². The van der Waals surface area contributed by atoms with E-state index in [9.17, 15) is 4.79 Å². The van der Waals surface area contributed by atoms with E-state index < -0.39 is 0 Å². The summed E-state index contributed by atoms with van der Waals surface area (Å²) in [5.74, 6) is -0.208. The highest BCUT2D eigenvalue weighted by atomic mass is 16.1. The maximum Gasteiger partial charge on any atom is 0.273 e. The summed E-state index contributed by atoms with van der Waals surface area (Å²) in [6, 6.07) is 7.69. The first-order valence-electron chi connectivity index (χ1n) is 7.81. The lowest BCUT2D eigenvalue weighted by molar-refractivity contribution is 0.102. The van der Waals surface area contributed by atoms with Gasteiger partial charge in [0, 0.05) is 24.0 Å². The number of benzene rings is 1. The van der Waals surface area contributed by atoms with E-state index in [0.29, 0.717) is 5.69 Å². The Morgan fingerprint density at radius 2 is 1.92 bits per heavy atom. The van der Waals surface area contributed by atoms with Crippen LogP contribution in [0.15, 0.2) is 24.3 Å². The maximum absolute atomic E-state index is 12.5. The highest BCUT2D eigenvalue weighted by molar-refractivity contribution is 6.03. The summed E-state index contributed by atoms with van der Waals surface area (Å²) < 4.78 is 1.81. The van der Waals surface area contributed by atoms with Crippen LogP contribution in [0, 0.1) is 27.7 Å². The molecule has 1 aromatic carbocycles. The predicted octanol–water partition coefficient (Wildman–Crippen LogP) is 3.30. The molecule has 24 heavy (non-hydrogen) atoms. The van der Waals surface area contributed by atoms with Crippen LogP contribution in [-0.4, -0.2) is 25.9 Å². The van der Waals surface area contributed by atoms with Crippen molar-refractivity contribution in [2.24, 2.45) is 7.05 Å². The van der Waals surface area contributed by atoms with E-state index in [-0.39, 0.29) is 5.91 Å². The summed E-state index contributed by atoms with van der Waals surface area (Å²) in [6.45, 7) is 7.92. The van der Waals surface area contributed by atoms with E-state index in [1.54, 1.807) is 6.07 Å². The zero-order valence-electron chi connectivity index (χ0n) is 14.6. The monoisotopic (exact) mass is 323 g/mol. The van der Waals surface area contributed by atoms with Gasteiger partial charge in [-0.2, -0.15) is 10.2 Å². The van der Waals surface area contributed by atoms with Crippen molar-refractivity contribution in [2.75, 3.05) is 5.32 Å². The normalized spacial score (nSPS) is 10.9.